The summed E-state index contributed by atoms with van der Waals surface area (Å²) in [5.74, 6) is 2.04. The molecule has 3 aromatic carbocycles. The molecule has 1 fully saturated rings. The summed E-state index contributed by atoms with van der Waals surface area (Å²) in [7, 11) is 0. The van der Waals surface area contributed by atoms with Gasteiger partial charge in [-0.25, -0.2) is 4.98 Å². The summed E-state index contributed by atoms with van der Waals surface area (Å²) >= 11 is 6.19. The molecule has 1 atom stereocenters. The summed E-state index contributed by atoms with van der Waals surface area (Å²) in [6.45, 7) is 8.76. The van der Waals surface area contributed by atoms with Crippen molar-refractivity contribution in [2.24, 2.45) is 0 Å². The molecule has 0 aliphatic carbocycles. The van der Waals surface area contributed by atoms with Gasteiger partial charge in [0.1, 0.15) is 11.6 Å². The van der Waals surface area contributed by atoms with Gasteiger partial charge in [0.25, 0.3) is 0 Å². The van der Waals surface area contributed by atoms with Gasteiger partial charge in [0.15, 0.2) is 0 Å². The number of unbranched alkanes of at least 4 members (excludes halogenated alkanes) is 1. The fourth-order valence-electron chi connectivity index (χ4n) is 5.03. The van der Waals surface area contributed by atoms with Crippen LogP contribution in [-0.4, -0.2) is 28.6 Å². The largest absolute Gasteiger partial charge is 0.494 e. The van der Waals surface area contributed by atoms with Crippen molar-refractivity contribution < 1.29 is 9.53 Å². The third-order valence-corrected chi connectivity index (χ3v) is 7.29. The zero-order valence-electron chi connectivity index (χ0n) is 21.8. The molecule has 1 saturated heterocycles. The van der Waals surface area contributed by atoms with Gasteiger partial charge in [0, 0.05) is 36.1 Å². The number of amides is 1. The van der Waals surface area contributed by atoms with E-state index < -0.39 is 0 Å². The lowest BCUT2D eigenvalue weighted by Crippen LogP contribution is -2.24. The molecule has 5 nitrogen and oxygen atoms in total. The van der Waals surface area contributed by atoms with E-state index in [0.29, 0.717) is 24.6 Å². The number of nitrogens with zero attached hydrogens (tertiary/aromatic N) is 3. The van der Waals surface area contributed by atoms with E-state index in [0.717, 1.165) is 47.7 Å². The predicted octanol–water partition coefficient (Wildman–Crippen LogP) is 7.37. The SMILES string of the molecule is CC(C)(C)c1ccc(OCCCCn2c(C3CC(=O)N(c4cccc(Cl)c4)C3)nc3ccccc32)cc1. The summed E-state index contributed by atoms with van der Waals surface area (Å²) in [5.41, 5.74) is 4.37. The van der Waals surface area contributed by atoms with Crippen molar-refractivity contribution in [1.29, 1.82) is 0 Å². The Labute approximate surface area is 224 Å². The van der Waals surface area contributed by atoms with Crippen LogP contribution in [-0.2, 0) is 16.8 Å². The highest BCUT2D eigenvalue weighted by Crippen LogP contribution is 2.34. The molecule has 1 aliphatic rings. The van der Waals surface area contributed by atoms with Gasteiger partial charge in [-0.2, -0.15) is 0 Å². The summed E-state index contributed by atoms with van der Waals surface area (Å²) in [6, 6.07) is 24.1. The first kappa shape index (κ1) is 25.3. The van der Waals surface area contributed by atoms with Crippen LogP contribution >= 0.6 is 11.6 Å². The molecule has 192 valence electrons. The first-order valence-corrected chi connectivity index (χ1v) is 13.4. The van der Waals surface area contributed by atoms with Crippen molar-refractivity contribution in [2.75, 3.05) is 18.1 Å². The number of hydrogen-bond acceptors (Lipinski definition) is 3. The van der Waals surface area contributed by atoms with Gasteiger partial charge in [-0.3, -0.25) is 4.79 Å². The molecule has 1 amide bonds. The van der Waals surface area contributed by atoms with Crippen molar-refractivity contribution in [3.05, 3.63) is 89.2 Å². The first-order valence-electron chi connectivity index (χ1n) is 13.0. The Hall–Kier alpha value is -3.31. The number of aromatic nitrogens is 2. The van der Waals surface area contributed by atoms with Gasteiger partial charge in [0.05, 0.1) is 17.6 Å². The van der Waals surface area contributed by atoms with Crippen molar-refractivity contribution in [3.63, 3.8) is 0 Å². The maximum atomic E-state index is 12.9. The molecular formula is C31H34ClN3O2. The maximum absolute atomic E-state index is 12.9. The summed E-state index contributed by atoms with van der Waals surface area (Å²) in [5, 5.41) is 0.633. The molecule has 0 saturated carbocycles. The second kappa shape index (κ2) is 10.6. The minimum absolute atomic E-state index is 0.0384. The van der Waals surface area contributed by atoms with Crippen LogP contribution in [0, 0.1) is 0 Å². The number of rotatable bonds is 8. The Balaban J connectivity index is 1.25. The van der Waals surface area contributed by atoms with Crippen LogP contribution in [0.2, 0.25) is 5.02 Å². The van der Waals surface area contributed by atoms with Crippen molar-refractivity contribution >= 4 is 34.2 Å². The molecule has 0 radical (unpaired) electrons. The van der Waals surface area contributed by atoms with Crippen LogP contribution in [0.25, 0.3) is 11.0 Å². The van der Waals surface area contributed by atoms with Gasteiger partial charge in [-0.15, -0.1) is 0 Å². The van der Waals surface area contributed by atoms with E-state index in [-0.39, 0.29) is 17.2 Å². The van der Waals surface area contributed by atoms with Gasteiger partial charge in [0.2, 0.25) is 5.91 Å². The van der Waals surface area contributed by atoms with Crippen LogP contribution < -0.4 is 9.64 Å². The number of ether oxygens (including phenoxy) is 1. The lowest BCUT2D eigenvalue weighted by molar-refractivity contribution is -0.117. The van der Waals surface area contributed by atoms with Gasteiger partial charge >= 0.3 is 0 Å². The third-order valence-electron chi connectivity index (χ3n) is 7.06. The quantitative estimate of drug-likeness (QED) is 0.230. The summed E-state index contributed by atoms with van der Waals surface area (Å²) in [6.07, 6.45) is 2.35. The maximum Gasteiger partial charge on any atom is 0.227 e. The molecule has 0 spiro atoms. The number of benzene rings is 3. The zero-order chi connectivity index (χ0) is 26.0. The molecule has 4 aromatic rings. The van der Waals surface area contributed by atoms with E-state index in [1.54, 1.807) is 0 Å². The predicted molar refractivity (Wildman–Crippen MR) is 151 cm³/mol. The van der Waals surface area contributed by atoms with Crippen LogP contribution in [0.4, 0.5) is 5.69 Å². The smallest absolute Gasteiger partial charge is 0.227 e. The number of fused-ring (bicyclic) bond motifs is 1. The van der Waals surface area contributed by atoms with Crippen molar-refractivity contribution in [3.8, 4) is 5.75 Å². The molecule has 0 bridgehead atoms. The molecule has 37 heavy (non-hydrogen) atoms. The zero-order valence-corrected chi connectivity index (χ0v) is 22.5. The molecule has 1 unspecified atom stereocenters. The van der Waals surface area contributed by atoms with Gasteiger partial charge < -0.3 is 14.2 Å². The van der Waals surface area contributed by atoms with Gasteiger partial charge in [-0.05, 0) is 66.3 Å². The Bertz CT molecular complexity index is 1390. The lowest BCUT2D eigenvalue weighted by Gasteiger charge is -2.19. The number of hydrogen-bond donors (Lipinski definition) is 0. The topological polar surface area (TPSA) is 47.4 Å². The van der Waals surface area contributed by atoms with Gasteiger partial charge in [-0.1, -0.05) is 62.7 Å². The van der Waals surface area contributed by atoms with Crippen LogP contribution in [0.15, 0.2) is 72.8 Å². The molecule has 5 rings (SSSR count). The van der Waals surface area contributed by atoms with Crippen LogP contribution in [0.3, 0.4) is 0 Å². The van der Waals surface area contributed by atoms with E-state index in [4.69, 9.17) is 21.3 Å². The number of imidazole rings is 1. The van der Waals surface area contributed by atoms with Crippen molar-refractivity contribution in [2.45, 2.75) is 57.9 Å². The Morgan fingerprint density at radius 2 is 1.78 bits per heavy atom. The summed E-state index contributed by atoms with van der Waals surface area (Å²) < 4.78 is 8.31. The Kier molecular flexibility index (Phi) is 7.25. The third kappa shape index (κ3) is 5.67. The average Bonchev–Trinajstić information content (AvgIpc) is 3.44. The number of carbonyl (C=O) groups is 1. The normalized spacial score (nSPS) is 16.1. The monoisotopic (exact) mass is 515 g/mol. The highest BCUT2D eigenvalue weighted by Gasteiger charge is 2.34. The summed E-state index contributed by atoms with van der Waals surface area (Å²) in [4.78, 5) is 19.7. The molecular weight excluding hydrogens is 482 g/mol. The van der Waals surface area contributed by atoms with E-state index in [2.05, 4.69) is 55.7 Å². The van der Waals surface area contributed by atoms with E-state index in [9.17, 15) is 4.79 Å². The highest BCUT2D eigenvalue weighted by atomic mass is 35.5. The molecule has 2 heterocycles. The number of carbonyl (C=O) groups excluding carboxylic acids is 1. The Morgan fingerprint density at radius 3 is 2.54 bits per heavy atom. The molecule has 0 N–H and O–H groups in total. The highest BCUT2D eigenvalue weighted by molar-refractivity contribution is 6.30. The molecule has 6 heteroatoms. The van der Waals surface area contributed by atoms with Crippen molar-refractivity contribution in [1.82, 2.24) is 9.55 Å². The standard InChI is InChI=1S/C31H34ClN3O2/c1-31(2,3)23-13-15-26(16-14-23)37-18-7-6-17-34-28-12-5-4-11-27(28)33-30(34)22-19-29(36)35(21-22)25-10-8-9-24(32)20-25/h4-5,8-16,20,22H,6-7,17-19,21H2,1-3H3. The molecule has 1 aliphatic heterocycles. The van der Waals surface area contributed by atoms with Crippen LogP contribution in [0.1, 0.15) is 57.3 Å². The second-order valence-electron chi connectivity index (χ2n) is 10.8. The van der Waals surface area contributed by atoms with E-state index in [1.165, 1.54) is 5.56 Å². The lowest BCUT2D eigenvalue weighted by atomic mass is 9.87. The van der Waals surface area contributed by atoms with Crippen LogP contribution in [0.5, 0.6) is 5.75 Å². The minimum Gasteiger partial charge on any atom is -0.494 e. The Morgan fingerprint density at radius 1 is 1.00 bits per heavy atom. The second-order valence-corrected chi connectivity index (χ2v) is 11.3. The average molecular weight is 516 g/mol. The fourth-order valence-corrected chi connectivity index (χ4v) is 5.21. The van der Waals surface area contributed by atoms with E-state index in [1.807, 2.05) is 47.4 Å². The first-order chi connectivity index (χ1) is 17.8. The number of aryl methyl sites for hydroxylation is 1. The minimum atomic E-state index is 0.0384. The number of anilines is 1. The van der Waals surface area contributed by atoms with E-state index >= 15 is 0 Å². The molecule has 1 aromatic heterocycles. The number of halogens is 1. The number of para-hydroxylation sites is 2. The fraction of sp³-hybridized carbons (Fsp3) is 0.355.